The van der Waals surface area contributed by atoms with Gasteiger partial charge in [-0.2, -0.15) is 0 Å². The van der Waals surface area contributed by atoms with Crippen LogP contribution in [0.5, 0.6) is 5.75 Å². The molecule has 2 aliphatic rings. The molecule has 1 aliphatic carbocycles. The molecule has 1 heterocycles. The van der Waals surface area contributed by atoms with Crippen LogP contribution in [0, 0.1) is 5.41 Å². The van der Waals surface area contributed by atoms with Crippen LogP contribution in [-0.4, -0.2) is 0 Å². The number of benzene rings is 1. The van der Waals surface area contributed by atoms with E-state index < -0.39 is 0 Å². The molecule has 122 valence electrons. The molecule has 0 bridgehead atoms. The molecule has 23 heavy (non-hydrogen) atoms. The molecule has 1 N–H and O–H groups in total. The van der Waals surface area contributed by atoms with Gasteiger partial charge in [0, 0.05) is 6.42 Å². The van der Waals surface area contributed by atoms with Gasteiger partial charge in [-0.05, 0) is 40.2 Å². The van der Waals surface area contributed by atoms with Crippen LogP contribution in [0.1, 0.15) is 53.5 Å². The molecule has 3 rings (SSSR count). The van der Waals surface area contributed by atoms with Crippen LogP contribution in [0.3, 0.4) is 0 Å². The Bertz CT molecular complexity index is 721. The van der Waals surface area contributed by atoms with Crippen LogP contribution < -0.4 is 10.1 Å². The molecule has 0 fully saturated rings. The topological polar surface area (TPSA) is 21.3 Å². The zero-order valence-electron chi connectivity index (χ0n) is 15.1. The van der Waals surface area contributed by atoms with Gasteiger partial charge in [0.1, 0.15) is 5.76 Å². The third-order valence-electron chi connectivity index (χ3n) is 4.42. The number of nitrogens with one attached hydrogen (secondary N) is 1. The van der Waals surface area contributed by atoms with Crippen molar-refractivity contribution in [1.29, 1.82) is 0 Å². The Kier molecular flexibility index (Phi) is 3.66. The molecule has 0 amide bonds. The molecule has 1 aliphatic heterocycles. The van der Waals surface area contributed by atoms with Gasteiger partial charge >= 0.3 is 0 Å². The summed E-state index contributed by atoms with van der Waals surface area (Å²) in [6.07, 6.45) is 7.48. The molecule has 0 aromatic heterocycles. The van der Waals surface area contributed by atoms with Crippen molar-refractivity contribution < 1.29 is 4.74 Å². The molecule has 2 heteroatoms. The molecular weight excluding hydrogens is 282 g/mol. The summed E-state index contributed by atoms with van der Waals surface area (Å²) in [5, 5.41) is 3.55. The summed E-state index contributed by atoms with van der Waals surface area (Å²) in [5.74, 6) is 1.86. The molecule has 0 saturated heterocycles. The highest BCUT2D eigenvalue weighted by Crippen LogP contribution is 2.39. The zero-order valence-corrected chi connectivity index (χ0v) is 15.1. The van der Waals surface area contributed by atoms with Gasteiger partial charge < -0.3 is 10.1 Å². The molecule has 1 aromatic rings. The van der Waals surface area contributed by atoms with Crippen molar-refractivity contribution in [2.24, 2.45) is 5.41 Å². The Morgan fingerprint density at radius 2 is 1.74 bits per heavy atom. The summed E-state index contributed by atoms with van der Waals surface area (Å²) in [7, 11) is 0. The van der Waals surface area contributed by atoms with E-state index in [-0.39, 0.29) is 10.8 Å². The van der Waals surface area contributed by atoms with Crippen LogP contribution in [0.2, 0.25) is 0 Å². The van der Waals surface area contributed by atoms with E-state index in [4.69, 9.17) is 4.74 Å². The Balaban J connectivity index is 1.99. The van der Waals surface area contributed by atoms with Gasteiger partial charge in [0.25, 0.3) is 0 Å². The van der Waals surface area contributed by atoms with E-state index in [1.54, 1.807) is 0 Å². The minimum atomic E-state index is 0.107. The summed E-state index contributed by atoms with van der Waals surface area (Å²) >= 11 is 0. The standard InChI is InChI=1S/C21H27NO/c1-20(2,3)14-8-7-9-16-18(12-14)23-19-13-15(21(4,5)6)10-11-17(19)22-16/h7-8,10-13,22H,9H2,1-6H3. The lowest BCUT2D eigenvalue weighted by Gasteiger charge is -2.27. The fourth-order valence-corrected chi connectivity index (χ4v) is 2.81. The third kappa shape index (κ3) is 3.21. The van der Waals surface area contributed by atoms with E-state index in [1.165, 1.54) is 11.1 Å². The lowest BCUT2D eigenvalue weighted by atomic mass is 9.86. The van der Waals surface area contributed by atoms with Crippen molar-refractivity contribution in [3.05, 3.63) is 59.0 Å². The van der Waals surface area contributed by atoms with Gasteiger partial charge in [-0.15, -0.1) is 0 Å². The van der Waals surface area contributed by atoms with Crippen molar-refractivity contribution in [2.45, 2.75) is 53.4 Å². The predicted octanol–water partition coefficient (Wildman–Crippen LogP) is 5.93. The van der Waals surface area contributed by atoms with E-state index in [0.717, 1.165) is 29.3 Å². The molecule has 0 radical (unpaired) electrons. The molecule has 2 nitrogen and oxygen atoms in total. The van der Waals surface area contributed by atoms with Crippen molar-refractivity contribution in [3.63, 3.8) is 0 Å². The Morgan fingerprint density at radius 3 is 2.39 bits per heavy atom. The Labute approximate surface area is 139 Å². The maximum absolute atomic E-state index is 6.28. The van der Waals surface area contributed by atoms with Gasteiger partial charge in [0.2, 0.25) is 0 Å². The monoisotopic (exact) mass is 309 g/mol. The fraction of sp³-hybridized carbons (Fsp3) is 0.429. The molecule has 1 aromatic carbocycles. The zero-order chi connectivity index (χ0) is 16.8. The normalized spacial score (nSPS) is 17.6. The first-order valence-corrected chi connectivity index (χ1v) is 8.36. The van der Waals surface area contributed by atoms with Crippen LogP contribution in [-0.2, 0) is 5.41 Å². The van der Waals surface area contributed by atoms with Crippen molar-refractivity contribution in [3.8, 4) is 5.75 Å². The summed E-state index contributed by atoms with van der Waals surface area (Å²) < 4.78 is 6.28. The van der Waals surface area contributed by atoms with Crippen LogP contribution in [0.4, 0.5) is 5.69 Å². The van der Waals surface area contributed by atoms with Gasteiger partial charge in [-0.3, -0.25) is 0 Å². The van der Waals surface area contributed by atoms with Gasteiger partial charge in [-0.25, -0.2) is 0 Å². The first-order chi connectivity index (χ1) is 10.6. The smallest absolute Gasteiger partial charge is 0.151 e. The molecule has 0 atom stereocenters. The highest BCUT2D eigenvalue weighted by Gasteiger charge is 2.24. The van der Waals surface area contributed by atoms with Gasteiger partial charge in [0.15, 0.2) is 5.75 Å². The van der Waals surface area contributed by atoms with Crippen molar-refractivity contribution >= 4 is 5.69 Å². The first-order valence-electron chi connectivity index (χ1n) is 8.36. The summed E-state index contributed by atoms with van der Waals surface area (Å²) in [6, 6.07) is 6.47. The molecule has 0 saturated carbocycles. The minimum Gasteiger partial charge on any atom is -0.453 e. The number of ether oxygens (including phenoxy) is 1. The maximum atomic E-state index is 6.28. The fourth-order valence-electron chi connectivity index (χ4n) is 2.81. The second-order valence-corrected chi connectivity index (χ2v) is 8.49. The first kappa shape index (κ1) is 15.9. The Hall–Kier alpha value is -1.96. The highest BCUT2D eigenvalue weighted by molar-refractivity contribution is 5.66. The second kappa shape index (κ2) is 5.30. The predicted molar refractivity (Wildman–Crippen MR) is 97.7 cm³/mol. The number of hydrogen-bond donors (Lipinski definition) is 1. The number of rotatable bonds is 0. The number of anilines is 1. The van der Waals surface area contributed by atoms with E-state index in [2.05, 4.69) is 83.3 Å². The van der Waals surface area contributed by atoms with Crippen LogP contribution >= 0.6 is 0 Å². The third-order valence-corrected chi connectivity index (χ3v) is 4.42. The molecular formula is C21H27NO. The second-order valence-electron chi connectivity index (χ2n) is 8.49. The quantitative estimate of drug-likeness (QED) is 0.641. The maximum Gasteiger partial charge on any atom is 0.151 e. The largest absolute Gasteiger partial charge is 0.453 e. The molecule has 0 unspecified atom stereocenters. The number of hydrogen-bond acceptors (Lipinski definition) is 2. The van der Waals surface area contributed by atoms with E-state index in [9.17, 15) is 0 Å². The minimum absolute atomic E-state index is 0.107. The Morgan fingerprint density at radius 1 is 1.00 bits per heavy atom. The summed E-state index contributed by atoms with van der Waals surface area (Å²) in [5.41, 5.74) is 4.99. The van der Waals surface area contributed by atoms with E-state index >= 15 is 0 Å². The summed E-state index contributed by atoms with van der Waals surface area (Å²) in [6.45, 7) is 13.4. The number of fused-ring (bicyclic) bond motifs is 1. The SMILES string of the molecule is CC(C)(C)C1=CC2=C(CC=C1)Nc1ccc(C(C)(C)C)cc1O2. The lowest BCUT2D eigenvalue weighted by molar-refractivity contribution is 0.425. The number of allylic oxidation sites excluding steroid dienone is 4. The average Bonchev–Trinajstić information content (AvgIpc) is 2.64. The molecule has 0 spiro atoms. The van der Waals surface area contributed by atoms with E-state index in [1.807, 2.05) is 0 Å². The van der Waals surface area contributed by atoms with E-state index in [0.29, 0.717) is 0 Å². The average molecular weight is 309 g/mol. The van der Waals surface area contributed by atoms with Gasteiger partial charge in [0.05, 0.1) is 11.4 Å². The van der Waals surface area contributed by atoms with Crippen LogP contribution in [0.15, 0.2) is 53.5 Å². The van der Waals surface area contributed by atoms with Gasteiger partial charge in [-0.1, -0.05) is 59.8 Å². The van der Waals surface area contributed by atoms with Crippen LogP contribution in [0.25, 0.3) is 0 Å². The summed E-state index contributed by atoms with van der Waals surface area (Å²) in [4.78, 5) is 0. The van der Waals surface area contributed by atoms with Crippen molar-refractivity contribution in [2.75, 3.05) is 5.32 Å². The van der Waals surface area contributed by atoms with Crippen molar-refractivity contribution in [1.82, 2.24) is 0 Å². The highest BCUT2D eigenvalue weighted by atomic mass is 16.5. The lowest BCUT2D eigenvalue weighted by Crippen LogP contribution is -2.16.